The van der Waals surface area contributed by atoms with Gasteiger partial charge in [0.2, 0.25) is 0 Å². The summed E-state index contributed by atoms with van der Waals surface area (Å²) >= 11 is 0. The van der Waals surface area contributed by atoms with E-state index in [1.807, 2.05) is 12.1 Å². The van der Waals surface area contributed by atoms with E-state index in [1.165, 1.54) is 5.56 Å². The number of fused-ring (bicyclic) bond motifs is 1. The lowest BCUT2D eigenvalue weighted by molar-refractivity contribution is 0.156. The van der Waals surface area contributed by atoms with E-state index in [0.717, 1.165) is 37.0 Å². The normalized spacial score (nSPS) is 21.3. The Morgan fingerprint density at radius 2 is 2.31 bits per heavy atom. The van der Waals surface area contributed by atoms with Gasteiger partial charge in [-0.25, -0.2) is 0 Å². The zero-order valence-electron chi connectivity index (χ0n) is 10.1. The molecule has 2 heteroatoms. The van der Waals surface area contributed by atoms with Crippen LogP contribution in [0.4, 0.5) is 0 Å². The van der Waals surface area contributed by atoms with Crippen LogP contribution in [0.3, 0.4) is 0 Å². The summed E-state index contributed by atoms with van der Waals surface area (Å²) < 4.78 is 5.78. The first kappa shape index (κ1) is 11.5. The van der Waals surface area contributed by atoms with Crippen molar-refractivity contribution in [2.24, 2.45) is 0 Å². The topological polar surface area (TPSA) is 29.5 Å². The summed E-state index contributed by atoms with van der Waals surface area (Å²) in [6.45, 7) is 4.20. The van der Waals surface area contributed by atoms with Gasteiger partial charge in [-0.2, -0.15) is 0 Å². The van der Waals surface area contributed by atoms with Crippen LogP contribution in [-0.2, 0) is 6.42 Å². The fraction of sp³-hybridized carbons (Fsp3) is 0.571. The van der Waals surface area contributed by atoms with Crippen LogP contribution in [0.1, 0.15) is 50.3 Å². The van der Waals surface area contributed by atoms with Gasteiger partial charge in [0.25, 0.3) is 0 Å². The molecule has 0 aromatic heterocycles. The molecule has 2 nitrogen and oxygen atoms in total. The van der Waals surface area contributed by atoms with Crippen LogP contribution in [0.5, 0.6) is 5.75 Å². The van der Waals surface area contributed by atoms with Gasteiger partial charge in [-0.05, 0) is 55.9 Å². The molecular formula is C14H20O2. The summed E-state index contributed by atoms with van der Waals surface area (Å²) in [5, 5.41) is 9.84. The van der Waals surface area contributed by atoms with Gasteiger partial charge in [-0.1, -0.05) is 13.0 Å². The Hall–Kier alpha value is -1.02. The van der Waals surface area contributed by atoms with Crippen molar-refractivity contribution in [2.75, 3.05) is 0 Å². The van der Waals surface area contributed by atoms with E-state index in [0.29, 0.717) is 0 Å². The van der Waals surface area contributed by atoms with E-state index in [1.54, 1.807) is 0 Å². The maximum Gasteiger partial charge on any atom is 0.119 e. The zero-order valence-corrected chi connectivity index (χ0v) is 10.1. The molecule has 0 fully saturated rings. The Bertz CT molecular complexity index is 360. The van der Waals surface area contributed by atoms with Gasteiger partial charge in [0.15, 0.2) is 0 Å². The fourth-order valence-electron chi connectivity index (χ4n) is 2.15. The Balaban J connectivity index is 2.18. The van der Waals surface area contributed by atoms with Crippen molar-refractivity contribution in [3.05, 3.63) is 29.3 Å². The molecule has 1 aliphatic carbocycles. The Kier molecular flexibility index (Phi) is 3.49. The third kappa shape index (κ3) is 2.38. The van der Waals surface area contributed by atoms with Crippen LogP contribution in [0.15, 0.2) is 18.2 Å². The van der Waals surface area contributed by atoms with Crippen molar-refractivity contribution < 1.29 is 9.84 Å². The smallest absolute Gasteiger partial charge is 0.119 e. The lowest BCUT2D eigenvalue weighted by Crippen LogP contribution is -2.12. The first-order valence-electron chi connectivity index (χ1n) is 6.18. The molecule has 0 amide bonds. The third-order valence-corrected chi connectivity index (χ3v) is 3.31. The molecule has 2 rings (SSSR count). The van der Waals surface area contributed by atoms with Crippen molar-refractivity contribution >= 4 is 0 Å². The molecule has 0 bridgehead atoms. The minimum absolute atomic E-state index is 0.256. The first-order valence-corrected chi connectivity index (χ1v) is 6.18. The van der Waals surface area contributed by atoms with Crippen molar-refractivity contribution in [1.29, 1.82) is 0 Å². The molecule has 1 aliphatic rings. The van der Waals surface area contributed by atoms with Crippen LogP contribution < -0.4 is 4.74 Å². The molecule has 0 saturated heterocycles. The largest absolute Gasteiger partial charge is 0.491 e. The van der Waals surface area contributed by atoms with E-state index in [2.05, 4.69) is 19.9 Å². The molecule has 16 heavy (non-hydrogen) atoms. The van der Waals surface area contributed by atoms with Gasteiger partial charge in [0, 0.05) is 0 Å². The second-order valence-corrected chi connectivity index (χ2v) is 4.61. The lowest BCUT2D eigenvalue weighted by Gasteiger charge is -2.22. The predicted octanol–water partition coefficient (Wildman–Crippen LogP) is 3.23. The second kappa shape index (κ2) is 4.88. The van der Waals surface area contributed by atoms with Crippen LogP contribution >= 0.6 is 0 Å². The maximum absolute atomic E-state index is 9.84. The SMILES string of the molecule is CCC(C)Oc1ccc2c(c1)CCCC2O. The average Bonchev–Trinajstić information content (AvgIpc) is 2.29. The third-order valence-electron chi connectivity index (χ3n) is 3.31. The van der Waals surface area contributed by atoms with Gasteiger partial charge in [-0.15, -0.1) is 0 Å². The predicted molar refractivity (Wildman–Crippen MR) is 64.7 cm³/mol. The molecule has 0 spiro atoms. The summed E-state index contributed by atoms with van der Waals surface area (Å²) in [5.41, 5.74) is 2.34. The number of rotatable bonds is 3. The highest BCUT2D eigenvalue weighted by Crippen LogP contribution is 2.32. The number of hydrogen-bond acceptors (Lipinski definition) is 2. The Labute approximate surface area is 97.3 Å². The number of benzene rings is 1. The van der Waals surface area contributed by atoms with Crippen LogP contribution in [0.25, 0.3) is 0 Å². The standard InChI is InChI=1S/C14H20O2/c1-3-10(2)16-12-7-8-13-11(9-12)5-4-6-14(13)15/h7-10,14-15H,3-6H2,1-2H3. The summed E-state index contributed by atoms with van der Waals surface area (Å²) in [6.07, 6.45) is 4.01. The van der Waals surface area contributed by atoms with Crippen molar-refractivity contribution in [2.45, 2.75) is 51.7 Å². The average molecular weight is 220 g/mol. The summed E-state index contributed by atoms with van der Waals surface area (Å²) in [4.78, 5) is 0. The number of aliphatic hydroxyl groups is 1. The molecule has 0 aliphatic heterocycles. The summed E-state index contributed by atoms with van der Waals surface area (Å²) in [5.74, 6) is 0.933. The van der Waals surface area contributed by atoms with Gasteiger partial charge in [0.1, 0.15) is 5.75 Å². The first-order chi connectivity index (χ1) is 7.70. The monoisotopic (exact) mass is 220 g/mol. The van der Waals surface area contributed by atoms with Gasteiger partial charge in [0.05, 0.1) is 12.2 Å². The minimum Gasteiger partial charge on any atom is -0.491 e. The van der Waals surface area contributed by atoms with Gasteiger partial charge >= 0.3 is 0 Å². The number of aryl methyl sites for hydroxylation is 1. The second-order valence-electron chi connectivity index (χ2n) is 4.61. The highest BCUT2D eigenvalue weighted by atomic mass is 16.5. The maximum atomic E-state index is 9.84. The molecule has 1 N–H and O–H groups in total. The molecule has 1 aromatic carbocycles. The number of hydrogen-bond donors (Lipinski definition) is 1. The molecule has 0 radical (unpaired) electrons. The van der Waals surface area contributed by atoms with Crippen LogP contribution in [-0.4, -0.2) is 11.2 Å². The van der Waals surface area contributed by atoms with Crippen molar-refractivity contribution in [3.8, 4) is 5.75 Å². The Morgan fingerprint density at radius 1 is 1.50 bits per heavy atom. The van der Waals surface area contributed by atoms with E-state index in [9.17, 15) is 5.11 Å². The molecule has 0 heterocycles. The summed E-state index contributed by atoms with van der Waals surface area (Å²) in [6, 6.07) is 6.07. The zero-order chi connectivity index (χ0) is 11.5. The molecular weight excluding hydrogens is 200 g/mol. The number of aliphatic hydroxyl groups excluding tert-OH is 1. The van der Waals surface area contributed by atoms with Gasteiger partial charge in [-0.3, -0.25) is 0 Å². The van der Waals surface area contributed by atoms with E-state index < -0.39 is 0 Å². The van der Waals surface area contributed by atoms with Crippen LogP contribution in [0.2, 0.25) is 0 Å². The van der Waals surface area contributed by atoms with Gasteiger partial charge < -0.3 is 9.84 Å². The van der Waals surface area contributed by atoms with Crippen molar-refractivity contribution in [3.63, 3.8) is 0 Å². The molecule has 2 unspecified atom stereocenters. The quantitative estimate of drug-likeness (QED) is 0.847. The van der Waals surface area contributed by atoms with E-state index in [-0.39, 0.29) is 12.2 Å². The molecule has 1 aromatic rings. The molecule has 0 saturated carbocycles. The lowest BCUT2D eigenvalue weighted by atomic mass is 9.89. The van der Waals surface area contributed by atoms with E-state index in [4.69, 9.17) is 4.74 Å². The minimum atomic E-state index is -0.276. The Morgan fingerprint density at radius 3 is 3.06 bits per heavy atom. The molecule has 2 atom stereocenters. The van der Waals surface area contributed by atoms with E-state index >= 15 is 0 Å². The van der Waals surface area contributed by atoms with Crippen molar-refractivity contribution in [1.82, 2.24) is 0 Å². The number of ether oxygens (including phenoxy) is 1. The molecule has 88 valence electrons. The highest BCUT2D eigenvalue weighted by Gasteiger charge is 2.18. The highest BCUT2D eigenvalue weighted by molar-refractivity contribution is 5.38. The fourth-order valence-corrected chi connectivity index (χ4v) is 2.15. The summed E-state index contributed by atoms with van der Waals surface area (Å²) in [7, 11) is 0. The van der Waals surface area contributed by atoms with Crippen LogP contribution in [0, 0.1) is 0 Å².